The average Bonchev–Trinajstić information content (AvgIpc) is 1.63. The normalized spacial score (nSPS) is 21.4. The van der Waals surface area contributed by atoms with Crippen LogP contribution in [0.1, 0.15) is 136 Å². The minimum absolute atomic E-state index is 0. The van der Waals surface area contributed by atoms with E-state index in [-0.39, 0.29) is 166 Å². The van der Waals surface area contributed by atoms with Crippen LogP contribution in [0.4, 0.5) is 4.79 Å². The first-order valence-corrected chi connectivity index (χ1v) is 49.3. The molecule has 0 radical (unpaired) electrons. The summed E-state index contributed by atoms with van der Waals surface area (Å²) < 4.78 is 41.9. The number of rotatable bonds is 34. The van der Waals surface area contributed by atoms with Gasteiger partial charge in [0.25, 0.3) is 0 Å². The second kappa shape index (κ2) is 69.8. The van der Waals surface area contributed by atoms with Crippen molar-refractivity contribution >= 4 is 115 Å². The zero-order valence-electron chi connectivity index (χ0n) is 86.8. The van der Waals surface area contributed by atoms with Crippen molar-refractivity contribution in [3.05, 3.63) is 191 Å². The standard InChI is InChI=1S/C16H24BClN2O3.C16H23BN2O5.2C16H25BN2O3.C8H16BNO4.C8H14BNO4.C8H14BNO3.C8H11N.CH4.Li.H2O/c1-4-23-16(21)14-10-19(17(3)22)11-15(14)20(18)12(2)13-8-6-5-7-9-13;1-3-23-15(20)13-9-19(17(2)22)10-14(13)18-16(21)24-11-12-7-5-4-6-8-12;2*1-4-22-16(20)14-10-19(17(3)21)11-15(14)18-12(2)13-8-6-5-7-9-13;2*1-3-14-8(12)6-4-10(9(2)13)5-7(6)11;1-3-13-8(11)7-4-5-10(6-7)9(2)12;1-7(9)8-5-3-2-4-6-8;;;/h5-9,12,14-15,22H,4,10-11H2,1-3H3;4-8,13-14,22H,3,9-11H2,1-2H3,(H,18,21);2*5-9,12,14-15,18,21H,4,10-11H2,1-3H3;6-7,11,13H,3-5H2,1-2H3;6,13H,3-5H2,1-2H3;4,12H,3,5-6H2,1-2H3;2-7H,9H2,1H3;1H4;;1H2/q;;;;;;;;;+1;/p-1/t12-,14+,15+;13-,14-;12-,14+,15+;12-,14-,15-;;;;7-;;;/m0100...1.../s1. The molecule has 7 aliphatic rings. The number of amides is 1. The fourth-order valence-corrected chi connectivity index (χ4v) is 17.0. The Hall–Kier alpha value is -8.39. The number of ether oxygens (including phenoxy) is 8. The van der Waals surface area contributed by atoms with Gasteiger partial charge in [0.1, 0.15) is 12.5 Å². The molecular formula is C97H157B7ClLiN12O26. The Bertz CT molecular complexity index is 4450. The van der Waals surface area contributed by atoms with E-state index in [1.165, 1.54) is 16.7 Å². The van der Waals surface area contributed by atoms with Gasteiger partial charge in [-0.2, -0.15) is 0 Å². The monoisotopic (exact) mass is 2030 g/mol. The van der Waals surface area contributed by atoms with Crippen molar-refractivity contribution in [1.82, 2.24) is 54.0 Å². The van der Waals surface area contributed by atoms with Gasteiger partial charge in [0.05, 0.1) is 101 Å². The molecule has 15 atom stereocenters. The number of hydrogen-bond donors (Lipinski definition) is 12. The molecule has 6 saturated heterocycles. The Balaban J connectivity index is 0.000000563. The molecule has 5 aromatic rings. The number of Topliss-reactive ketones (excluding diaryl/α,β-unsaturated/α-hetero) is 1. The second-order valence-corrected chi connectivity index (χ2v) is 35.8. The molecule has 790 valence electrons. The number of hydrogen-bond acceptors (Lipinski definition) is 37. The third kappa shape index (κ3) is 44.2. The molecule has 0 spiro atoms. The topological polar surface area (TPSA) is 507 Å². The van der Waals surface area contributed by atoms with Crippen LogP contribution in [0.3, 0.4) is 0 Å². The molecular weight excluding hydrogens is 1870 g/mol. The van der Waals surface area contributed by atoms with E-state index in [0.717, 1.165) is 11.1 Å². The number of β-amino-alcohol motifs (C(OH)–C–C–N with tert-alkyl or cyclic N) is 1. The van der Waals surface area contributed by atoms with E-state index >= 15 is 0 Å². The first kappa shape index (κ1) is 132. The van der Waals surface area contributed by atoms with E-state index in [1.54, 1.807) is 112 Å². The molecule has 0 aliphatic carbocycles. The number of aliphatic hydroxyl groups is 1. The average molecular weight is 2030 g/mol. The summed E-state index contributed by atoms with van der Waals surface area (Å²) in [5.74, 6) is -4.97. The minimum Gasteiger partial charge on any atom is -0.870 e. The second-order valence-electron chi connectivity index (χ2n) is 35.5. The summed E-state index contributed by atoms with van der Waals surface area (Å²) in [6.07, 6.45) is 0.472. The number of benzene rings is 5. The number of halogens is 1. The Morgan fingerprint density at radius 3 is 1.08 bits per heavy atom. The Kier molecular flexibility index (Phi) is 63.8. The van der Waals surface area contributed by atoms with Gasteiger partial charge in [-0.1, -0.05) is 165 Å². The van der Waals surface area contributed by atoms with Crippen LogP contribution in [-0.2, 0) is 82.9 Å². The van der Waals surface area contributed by atoms with Gasteiger partial charge in [-0.15, -0.1) is 0 Å². The van der Waals surface area contributed by atoms with Crippen LogP contribution in [-0.4, -0.2) is 355 Å². The maximum absolute atomic E-state index is 12.3. The zero-order valence-corrected chi connectivity index (χ0v) is 87.5. The predicted molar refractivity (Wildman–Crippen MR) is 555 cm³/mol. The molecule has 0 aromatic heterocycles. The summed E-state index contributed by atoms with van der Waals surface area (Å²) in [5, 5.41) is 86.2. The number of carbonyl (C=O) groups excluding carboxylic acids is 9. The van der Waals surface area contributed by atoms with E-state index in [4.69, 9.17) is 55.4 Å². The number of nitrogens with one attached hydrogen (secondary N) is 3. The van der Waals surface area contributed by atoms with Crippen LogP contribution in [0.5, 0.6) is 0 Å². The molecule has 0 saturated carbocycles. The summed E-state index contributed by atoms with van der Waals surface area (Å²) in [6, 6.07) is 49.3. The van der Waals surface area contributed by atoms with Crippen LogP contribution in [0, 0.1) is 35.5 Å². The Labute approximate surface area is 872 Å². The Morgan fingerprint density at radius 1 is 0.403 bits per heavy atom. The fourth-order valence-electron chi connectivity index (χ4n) is 16.6. The first-order chi connectivity index (χ1) is 67.1. The van der Waals surface area contributed by atoms with E-state index in [0.29, 0.717) is 117 Å². The SMILES string of the molecule is C.CCOC(=O)C1=CCN(B(C)O)C1.CCOC(=O)C1CN(B(C)O)CC1=O.CCOC(=O)C1CN(B(C)O)CC1O.CCOC(=O)[C@@H]1CN(B(C)O)C[C@H]1N(Cl)[C@@H](C)c1ccccc1.CCOC(=O)[C@@H]1CN(B(C)O)C[C@H]1NC(=O)OCc1ccccc1.CCOC(=O)[C@@H]1CN(B(C)O)C[C@H]1N[C@@H](C)c1ccccc1.CCOC(=O)[C@H]1CN(B(C)O)C[C@@H]1N[C@@H](C)c1ccccc1.C[C@@H](N)c1ccccc1.[Li+].[OH-]. The molecule has 14 N–H and O–H groups in total. The number of nitrogens with two attached hydrogens (primary N) is 1. The summed E-state index contributed by atoms with van der Waals surface area (Å²) in [5.41, 5.74) is 11.8. The molecule has 47 heteroatoms. The molecule has 7 aliphatic heterocycles. The van der Waals surface area contributed by atoms with E-state index in [2.05, 4.69) is 54.1 Å². The first-order valence-electron chi connectivity index (χ1n) is 49.0. The van der Waals surface area contributed by atoms with Gasteiger partial charge in [-0.3, -0.25) is 33.6 Å². The molecule has 12 rings (SSSR count). The van der Waals surface area contributed by atoms with Crippen LogP contribution in [0.2, 0.25) is 47.8 Å². The smallest absolute Gasteiger partial charge is 0.870 e. The van der Waals surface area contributed by atoms with Gasteiger partial charge in [0.2, 0.25) is 0 Å². The van der Waals surface area contributed by atoms with Crippen LogP contribution in [0.25, 0.3) is 0 Å². The van der Waals surface area contributed by atoms with Gasteiger partial charge in [-0.25, -0.2) is 14.0 Å². The van der Waals surface area contributed by atoms with Crippen molar-refractivity contribution < 1.29 is 146 Å². The van der Waals surface area contributed by atoms with E-state index < -0.39 is 91.3 Å². The van der Waals surface area contributed by atoms with E-state index in [1.807, 2.05) is 170 Å². The quantitative estimate of drug-likeness (QED) is 0.00926. The molecule has 38 nitrogen and oxygen atoms in total. The van der Waals surface area contributed by atoms with Gasteiger partial charge in [-0.05, 0) is 164 Å². The number of alkyl carbamates (subject to hydrolysis) is 1. The third-order valence-electron chi connectivity index (χ3n) is 24.9. The van der Waals surface area contributed by atoms with Crippen molar-refractivity contribution in [2.75, 3.05) is 138 Å². The van der Waals surface area contributed by atoms with Crippen molar-refractivity contribution in [2.24, 2.45) is 41.2 Å². The number of carbonyl (C=O) groups is 9. The summed E-state index contributed by atoms with van der Waals surface area (Å²) in [4.78, 5) is 118. The van der Waals surface area contributed by atoms with E-state index in [9.17, 15) is 83.4 Å². The van der Waals surface area contributed by atoms with Crippen LogP contribution < -0.4 is 40.5 Å². The zero-order chi connectivity index (χ0) is 105. The van der Waals surface area contributed by atoms with Crippen molar-refractivity contribution in [3.8, 4) is 0 Å². The fraction of sp³-hybridized carbons (Fsp3) is 0.577. The van der Waals surface area contributed by atoms with Crippen molar-refractivity contribution in [3.63, 3.8) is 0 Å². The molecule has 5 aromatic carbocycles. The number of nitrogens with zero attached hydrogens (tertiary/aromatic N) is 8. The number of ketones is 1. The maximum Gasteiger partial charge on any atom is 1.00 e. The van der Waals surface area contributed by atoms with Gasteiger partial charge >= 0.3 is 116 Å². The van der Waals surface area contributed by atoms with Crippen LogP contribution >= 0.6 is 11.8 Å². The molecule has 3 unspecified atom stereocenters. The molecule has 6 fully saturated rings. The molecule has 0 bridgehead atoms. The molecule has 7 heterocycles. The predicted octanol–water partition coefficient (Wildman–Crippen LogP) is 2.87. The maximum atomic E-state index is 12.3. The largest absolute Gasteiger partial charge is 1.00 e. The minimum atomic E-state index is -0.733. The molecule has 1 amide bonds. The van der Waals surface area contributed by atoms with Gasteiger partial charge < -0.3 is 139 Å². The third-order valence-corrected chi connectivity index (χ3v) is 25.4. The summed E-state index contributed by atoms with van der Waals surface area (Å²) in [7, 11) is -4.28. The van der Waals surface area contributed by atoms with Gasteiger partial charge in [0, 0.05) is 127 Å². The van der Waals surface area contributed by atoms with Crippen molar-refractivity contribution in [1.29, 1.82) is 0 Å². The number of esters is 7. The van der Waals surface area contributed by atoms with Crippen LogP contribution in [0.15, 0.2) is 163 Å². The summed E-state index contributed by atoms with van der Waals surface area (Å²) in [6.45, 7) is 40.8. The molecule has 144 heavy (non-hydrogen) atoms. The van der Waals surface area contributed by atoms with Crippen molar-refractivity contribution in [2.45, 2.75) is 192 Å². The summed E-state index contributed by atoms with van der Waals surface area (Å²) >= 11 is 6.60. The Morgan fingerprint density at radius 2 is 0.722 bits per heavy atom. The number of aliphatic hydroxyl groups excluding tert-OH is 1. The van der Waals surface area contributed by atoms with Gasteiger partial charge in [0.15, 0.2) is 5.78 Å².